The summed E-state index contributed by atoms with van der Waals surface area (Å²) in [6.07, 6.45) is 0. The molecule has 0 aromatic heterocycles. The molecule has 0 radical (unpaired) electrons. The normalized spacial score (nSPS) is 15.7. The first-order valence-electron chi connectivity index (χ1n) is 7.60. The highest BCUT2D eigenvalue weighted by Crippen LogP contribution is 2.44. The maximum absolute atomic E-state index is 9.60. The van der Waals surface area contributed by atoms with E-state index in [9.17, 15) is 5.26 Å². The lowest BCUT2D eigenvalue weighted by atomic mass is 9.83. The van der Waals surface area contributed by atoms with Gasteiger partial charge in [-0.05, 0) is 23.8 Å². The number of rotatable bonds is 4. The highest BCUT2D eigenvalue weighted by molar-refractivity contribution is 5.59. The Morgan fingerprint density at radius 3 is 2.40 bits per heavy atom. The molecule has 6 nitrogen and oxygen atoms in total. The minimum absolute atomic E-state index is 0.0861. The molecule has 0 spiro atoms. The standard InChI is InChI=1S/C19H18N2O4/c1-22-12-5-6-13-16(9-12)25-19(21)14(10-20)18(13)11-4-7-15(23-2)17(8-11)24-3/h4-9,18H,21H2,1-3H3/t18-/m0/s1. The Bertz CT molecular complexity index is 883. The van der Waals surface area contributed by atoms with Gasteiger partial charge >= 0.3 is 0 Å². The fourth-order valence-corrected chi connectivity index (χ4v) is 2.94. The number of nitrogens with two attached hydrogens (primary N) is 1. The Labute approximate surface area is 146 Å². The van der Waals surface area contributed by atoms with Crippen LogP contribution in [0.15, 0.2) is 47.9 Å². The van der Waals surface area contributed by atoms with E-state index in [-0.39, 0.29) is 11.8 Å². The van der Waals surface area contributed by atoms with E-state index in [4.69, 9.17) is 24.7 Å². The van der Waals surface area contributed by atoms with Crippen molar-refractivity contribution in [2.75, 3.05) is 21.3 Å². The number of nitrogens with zero attached hydrogens (tertiary/aromatic N) is 1. The Hall–Kier alpha value is -3.33. The summed E-state index contributed by atoms with van der Waals surface area (Å²) < 4.78 is 21.5. The number of ether oxygens (including phenoxy) is 4. The molecule has 0 bridgehead atoms. The molecule has 1 aliphatic heterocycles. The Morgan fingerprint density at radius 2 is 1.76 bits per heavy atom. The van der Waals surface area contributed by atoms with Crippen LogP contribution in [0.25, 0.3) is 0 Å². The van der Waals surface area contributed by atoms with Crippen LogP contribution in [0.1, 0.15) is 17.0 Å². The number of hydrogen-bond donors (Lipinski definition) is 1. The molecule has 0 fully saturated rings. The van der Waals surface area contributed by atoms with Gasteiger partial charge in [0.2, 0.25) is 5.88 Å². The van der Waals surface area contributed by atoms with Crippen LogP contribution in [0.5, 0.6) is 23.0 Å². The number of allylic oxidation sites excluding steroid dienone is 1. The average Bonchev–Trinajstić information content (AvgIpc) is 2.65. The third-order valence-electron chi connectivity index (χ3n) is 4.17. The van der Waals surface area contributed by atoms with Gasteiger partial charge in [0, 0.05) is 11.6 Å². The first-order chi connectivity index (χ1) is 12.1. The predicted octanol–water partition coefficient (Wildman–Crippen LogP) is 2.93. The third-order valence-corrected chi connectivity index (χ3v) is 4.17. The molecule has 0 amide bonds. The number of methoxy groups -OCH3 is 3. The second-order valence-electron chi connectivity index (χ2n) is 5.44. The summed E-state index contributed by atoms with van der Waals surface area (Å²) in [5.41, 5.74) is 8.03. The summed E-state index contributed by atoms with van der Waals surface area (Å²) in [6.45, 7) is 0. The Balaban J connectivity index is 2.18. The SMILES string of the molecule is COc1ccc2c(c1)OC(N)=C(C#N)[C@H]2c1ccc(OC)c(OC)c1. The number of benzene rings is 2. The maximum atomic E-state index is 9.60. The Morgan fingerprint density at radius 1 is 1.00 bits per heavy atom. The first kappa shape index (κ1) is 16.5. The maximum Gasteiger partial charge on any atom is 0.205 e. The highest BCUT2D eigenvalue weighted by Gasteiger charge is 2.31. The molecule has 1 aliphatic rings. The Kier molecular flexibility index (Phi) is 4.40. The van der Waals surface area contributed by atoms with E-state index in [1.54, 1.807) is 33.5 Å². The molecule has 0 unspecified atom stereocenters. The highest BCUT2D eigenvalue weighted by atomic mass is 16.5. The van der Waals surface area contributed by atoms with Gasteiger partial charge in [0.15, 0.2) is 11.5 Å². The van der Waals surface area contributed by atoms with Gasteiger partial charge in [0.05, 0.1) is 27.2 Å². The van der Waals surface area contributed by atoms with Crippen LogP contribution < -0.4 is 24.7 Å². The molecule has 25 heavy (non-hydrogen) atoms. The molecule has 1 heterocycles. The molecule has 0 aliphatic carbocycles. The van der Waals surface area contributed by atoms with Gasteiger partial charge in [-0.3, -0.25) is 0 Å². The largest absolute Gasteiger partial charge is 0.497 e. The summed E-state index contributed by atoms with van der Waals surface area (Å²) in [6, 6.07) is 13.1. The molecule has 6 heteroatoms. The quantitative estimate of drug-likeness (QED) is 0.922. The van der Waals surface area contributed by atoms with E-state index in [0.29, 0.717) is 28.6 Å². The molecule has 2 N–H and O–H groups in total. The fourth-order valence-electron chi connectivity index (χ4n) is 2.94. The van der Waals surface area contributed by atoms with Crippen molar-refractivity contribution in [3.8, 4) is 29.1 Å². The minimum Gasteiger partial charge on any atom is -0.497 e. The van der Waals surface area contributed by atoms with Crippen molar-refractivity contribution in [3.05, 3.63) is 59.0 Å². The van der Waals surface area contributed by atoms with E-state index >= 15 is 0 Å². The average molecular weight is 338 g/mol. The zero-order valence-electron chi connectivity index (χ0n) is 14.2. The summed E-state index contributed by atoms with van der Waals surface area (Å²) in [5, 5.41) is 9.60. The van der Waals surface area contributed by atoms with Gasteiger partial charge in [-0.1, -0.05) is 12.1 Å². The van der Waals surface area contributed by atoms with Crippen LogP contribution in [0.2, 0.25) is 0 Å². The van der Waals surface area contributed by atoms with Crippen molar-refractivity contribution in [2.24, 2.45) is 5.73 Å². The monoisotopic (exact) mass is 338 g/mol. The topological polar surface area (TPSA) is 86.7 Å². The zero-order valence-corrected chi connectivity index (χ0v) is 14.2. The third kappa shape index (κ3) is 2.81. The number of fused-ring (bicyclic) bond motifs is 1. The molecular formula is C19H18N2O4. The van der Waals surface area contributed by atoms with Crippen LogP contribution in [-0.4, -0.2) is 21.3 Å². The van der Waals surface area contributed by atoms with E-state index < -0.39 is 0 Å². The predicted molar refractivity (Wildman–Crippen MR) is 91.8 cm³/mol. The summed E-state index contributed by atoms with van der Waals surface area (Å²) >= 11 is 0. The molecule has 0 saturated heterocycles. The van der Waals surface area contributed by atoms with E-state index in [1.165, 1.54) is 0 Å². The summed E-state index contributed by atoms with van der Waals surface area (Å²) in [5.74, 6) is 2.14. The molecule has 1 atom stereocenters. The van der Waals surface area contributed by atoms with Gasteiger partial charge in [-0.2, -0.15) is 5.26 Å². The number of hydrogen-bond acceptors (Lipinski definition) is 6. The van der Waals surface area contributed by atoms with E-state index in [2.05, 4.69) is 6.07 Å². The fraction of sp³-hybridized carbons (Fsp3) is 0.211. The second-order valence-corrected chi connectivity index (χ2v) is 5.44. The van der Waals surface area contributed by atoms with Gasteiger partial charge in [-0.15, -0.1) is 0 Å². The lowest BCUT2D eigenvalue weighted by Gasteiger charge is -2.27. The minimum atomic E-state index is -0.362. The van der Waals surface area contributed by atoms with Crippen LogP contribution in [0, 0.1) is 11.3 Å². The molecule has 2 aromatic carbocycles. The van der Waals surface area contributed by atoms with Crippen LogP contribution in [0.4, 0.5) is 0 Å². The van der Waals surface area contributed by atoms with E-state index in [0.717, 1.165) is 11.1 Å². The smallest absolute Gasteiger partial charge is 0.205 e. The molecule has 0 saturated carbocycles. The van der Waals surface area contributed by atoms with Gasteiger partial charge in [-0.25, -0.2) is 0 Å². The number of nitriles is 1. The van der Waals surface area contributed by atoms with Crippen molar-refractivity contribution in [2.45, 2.75) is 5.92 Å². The van der Waals surface area contributed by atoms with Crippen molar-refractivity contribution >= 4 is 0 Å². The molecular weight excluding hydrogens is 320 g/mol. The van der Waals surface area contributed by atoms with Crippen molar-refractivity contribution < 1.29 is 18.9 Å². The summed E-state index contributed by atoms with van der Waals surface area (Å²) in [4.78, 5) is 0. The molecule has 128 valence electrons. The van der Waals surface area contributed by atoms with E-state index in [1.807, 2.05) is 24.3 Å². The van der Waals surface area contributed by atoms with Gasteiger partial charge in [0.25, 0.3) is 0 Å². The second kappa shape index (κ2) is 6.65. The van der Waals surface area contributed by atoms with Crippen LogP contribution in [-0.2, 0) is 0 Å². The lowest BCUT2D eigenvalue weighted by Crippen LogP contribution is -2.21. The summed E-state index contributed by atoms with van der Waals surface area (Å²) in [7, 11) is 4.72. The van der Waals surface area contributed by atoms with Crippen molar-refractivity contribution in [3.63, 3.8) is 0 Å². The van der Waals surface area contributed by atoms with Gasteiger partial charge in [0.1, 0.15) is 23.1 Å². The molecule has 3 rings (SSSR count). The first-order valence-corrected chi connectivity index (χ1v) is 7.60. The van der Waals surface area contributed by atoms with Crippen LogP contribution in [0.3, 0.4) is 0 Å². The van der Waals surface area contributed by atoms with Gasteiger partial charge < -0.3 is 24.7 Å². The zero-order chi connectivity index (χ0) is 18.0. The lowest BCUT2D eigenvalue weighted by molar-refractivity contribution is 0.354. The van der Waals surface area contributed by atoms with Crippen molar-refractivity contribution in [1.29, 1.82) is 5.26 Å². The molecule has 2 aromatic rings. The van der Waals surface area contributed by atoms with Crippen molar-refractivity contribution in [1.82, 2.24) is 0 Å². The van der Waals surface area contributed by atoms with Crippen LogP contribution >= 0.6 is 0 Å².